The molecule has 88 valence electrons. The smallest absolute Gasteiger partial charge is 0.0208 e. The number of nitrogens with one attached hydrogen (secondary N) is 1. The molecule has 0 saturated heterocycles. The molecule has 0 spiro atoms. The molecule has 1 aromatic rings. The van der Waals surface area contributed by atoms with Gasteiger partial charge in [-0.15, -0.1) is 0 Å². The van der Waals surface area contributed by atoms with Crippen LogP contribution in [0.3, 0.4) is 0 Å². The molecule has 1 aromatic carbocycles. The molecular formula is C14H20BrN. The molecule has 0 radical (unpaired) electrons. The summed E-state index contributed by atoms with van der Waals surface area (Å²) in [4.78, 5) is 0. The molecule has 1 aliphatic rings. The molecule has 1 unspecified atom stereocenters. The summed E-state index contributed by atoms with van der Waals surface area (Å²) in [6.07, 6.45) is 3.98. The first-order valence-corrected chi connectivity index (χ1v) is 6.82. The molecule has 0 amide bonds. The molecule has 1 atom stereocenters. The maximum atomic E-state index is 3.66. The van der Waals surface area contributed by atoms with E-state index in [2.05, 4.69) is 59.4 Å². The highest BCUT2D eigenvalue weighted by Crippen LogP contribution is 2.36. The first-order valence-electron chi connectivity index (χ1n) is 6.03. The lowest BCUT2D eigenvalue weighted by Gasteiger charge is -2.18. The van der Waals surface area contributed by atoms with Gasteiger partial charge in [0.1, 0.15) is 0 Å². The number of halogens is 1. The second-order valence-corrected chi connectivity index (χ2v) is 6.53. The average Bonchev–Trinajstić information content (AvgIpc) is 2.56. The molecule has 1 nitrogen and oxygen atoms in total. The highest BCUT2D eigenvalue weighted by molar-refractivity contribution is 9.10. The SMILES string of the molecule is CC1(C)CCC(NCc2cccc(Br)c2)C1. The Bertz CT molecular complexity index is 360. The molecule has 2 rings (SSSR count). The van der Waals surface area contributed by atoms with E-state index in [0.717, 1.165) is 6.54 Å². The van der Waals surface area contributed by atoms with Gasteiger partial charge in [-0.25, -0.2) is 0 Å². The minimum atomic E-state index is 0.537. The van der Waals surface area contributed by atoms with Crippen molar-refractivity contribution in [1.29, 1.82) is 0 Å². The van der Waals surface area contributed by atoms with Crippen LogP contribution in [0.5, 0.6) is 0 Å². The summed E-state index contributed by atoms with van der Waals surface area (Å²) in [5, 5.41) is 3.66. The van der Waals surface area contributed by atoms with E-state index in [1.165, 1.54) is 29.3 Å². The molecule has 1 N–H and O–H groups in total. The van der Waals surface area contributed by atoms with Crippen molar-refractivity contribution in [3.63, 3.8) is 0 Å². The Labute approximate surface area is 107 Å². The van der Waals surface area contributed by atoms with Gasteiger partial charge in [0.25, 0.3) is 0 Å². The van der Waals surface area contributed by atoms with Crippen molar-refractivity contribution in [2.45, 2.75) is 45.7 Å². The van der Waals surface area contributed by atoms with E-state index in [9.17, 15) is 0 Å². The Hall–Kier alpha value is -0.340. The number of benzene rings is 1. The van der Waals surface area contributed by atoms with Gasteiger partial charge in [0.05, 0.1) is 0 Å². The standard InChI is InChI=1S/C14H20BrN/c1-14(2)7-6-13(9-14)16-10-11-4-3-5-12(15)8-11/h3-5,8,13,16H,6-7,9-10H2,1-2H3. The van der Waals surface area contributed by atoms with E-state index < -0.39 is 0 Å². The summed E-state index contributed by atoms with van der Waals surface area (Å²) in [6, 6.07) is 9.24. The molecule has 0 bridgehead atoms. The van der Waals surface area contributed by atoms with Crippen molar-refractivity contribution in [2.75, 3.05) is 0 Å². The molecule has 0 heterocycles. The van der Waals surface area contributed by atoms with Crippen LogP contribution in [0.1, 0.15) is 38.7 Å². The third-order valence-electron chi connectivity index (χ3n) is 3.45. The lowest BCUT2D eigenvalue weighted by atomic mass is 9.92. The van der Waals surface area contributed by atoms with E-state index in [1.54, 1.807) is 0 Å². The van der Waals surface area contributed by atoms with Crippen LogP contribution in [0, 0.1) is 5.41 Å². The number of hydrogen-bond acceptors (Lipinski definition) is 1. The van der Waals surface area contributed by atoms with Gasteiger partial charge in [-0.3, -0.25) is 0 Å². The normalized spacial score (nSPS) is 23.6. The molecular weight excluding hydrogens is 262 g/mol. The predicted molar refractivity (Wildman–Crippen MR) is 72.4 cm³/mol. The van der Waals surface area contributed by atoms with Crippen LogP contribution < -0.4 is 5.32 Å². The third kappa shape index (κ3) is 3.33. The molecule has 2 heteroatoms. The van der Waals surface area contributed by atoms with Gasteiger partial charge in [0.2, 0.25) is 0 Å². The Morgan fingerprint density at radius 2 is 2.25 bits per heavy atom. The molecule has 16 heavy (non-hydrogen) atoms. The van der Waals surface area contributed by atoms with Crippen molar-refractivity contribution in [3.8, 4) is 0 Å². The summed E-state index contributed by atoms with van der Waals surface area (Å²) in [5.41, 5.74) is 1.90. The minimum absolute atomic E-state index is 0.537. The zero-order chi connectivity index (χ0) is 11.6. The zero-order valence-electron chi connectivity index (χ0n) is 10.1. The molecule has 1 aliphatic carbocycles. The Balaban J connectivity index is 1.84. The molecule has 0 aromatic heterocycles. The fraction of sp³-hybridized carbons (Fsp3) is 0.571. The summed E-state index contributed by atoms with van der Waals surface area (Å²) in [6.45, 7) is 5.72. The van der Waals surface area contributed by atoms with Gasteiger partial charge in [-0.2, -0.15) is 0 Å². The first-order chi connectivity index (χ1) is 7.55. The van der Waals surface area contributed by atoms with Gasteiger partial charge in [0.15, 0.2) is 0 Å². The maximum absolute atomic E-state index is 3.66. The summed E-state index contributed by atoms with van der Waals surface area (Å²) < 4.78 is 1.17. The highest BCUT2D eigenvalue weighted by atomic mass is 79.9. The van der Waals surface area contributed by atoms with Crippen LogP contribution in [0.4, 0.5) is 0 Å². The van der Waals surface area contributed by atoms with Crippen molar-refractivity contribution in [1.82, 2.24) is 5.32 Å². The second-order valence-electron chi connectivity index (χ2n) is 5.61. The summed E-state index contributed by atoms with van der Waals surface area (Å²) in [7, 11) is 0. The fourth-order valence-electron chi connectivity index (χ4n) is 2.52. The first kappa shape index (κ1) is 12.1. The Morgan fingerprint density at radius 3 is 2.88 bits per heavy atom. The number of rotatable bonds is 3. The van der Waals surface area contributed by atoms with Crippen molar-refractivity contribution >= 4 is 15.9 Å². The van der Waals surface area contributed by atoms with Gasteiger partial charge in [0, 0.05) is 17.1 Å². The van der Waals surface area contributed by atoms with E-state index >= 15 is 0 Å². The summed E-state index contributed by atoms with van der Waals surface area (Å²) in [5.74, 6) is 0. The fourth-order valence-corrected chi connectivity index (χ4v) is 2.97. The van der Waals surface area contributed by atoms with E-state index in [1.807, 2.05) is 0 Å². The summed E-state index contributed by atoms with van der Waals surface area (Å²) >= 11 is 3.51. The Kier molecular flexibility index (Phi) is 3.70. The van der Waals surface area contributed by atoms with Crippen molar-refractivity contribution in [3.05, 3.63) is 34.3 Å². The van der Waals surface area contributed by atoms with Crippen LogP contribution in [0.2, 0.25) is 0 Å². The van der Waals surface area contributed by atoms with Gasteiger partial charge in [-0.05, 0) is 42.4 Å². The van der Waals surface area contributed by atoms with Crippen LogP contribution in [-0.2, 0) is 6.54 Å². The lowest BCUT2D eigenvalue weighted by Crippen LogP contribution is -2.26. The van der Waals surface area contributed by atoms with Gasteiger partial charge >= 0.3 is 0 Å². The van der Waals surface area contributed by atoms with Crippen LogP contribution >= 0.6 is 15.9 Å². The highest BCUT2D eigenvalue weighted by Gasteiger charge is 2.30. The lowest BCUT2D eigenvalue weighted by molar-refractivity contribution is 0.364. The van der Waals surface area contributed by atoms with Crippen LogP contribution in [0.15, 0.2) is 28.7 Å². The topological polar surface area (TPSA) is 12.0 Å². The zero-order valence-corrected chi connectivity index (χ0v) is 11.7. The molecule has 1 saturated carbocycles. The van der Waals surface area contributed by atoms with E-state index in [4.69, 9.17) is 0 Å². The van der Waals surface area contributed by atoms with Crippen molar-refractivity contribution < 1.29 is 0 Å². The van der Waals surface area contributed by atoms with Crippen LogP contribution in [0.25, 0.3) is 0 Å². The van der Waals surface area contributed by atoms with Gasteiger partial charge < -0.3 is 5.32 Å². The maximum Gasteiger partial charge on any atom is 0.0208 e. The van der Waals surface area contributed by atoms with E-state index in [0.29, 0.717) is 11.5 Å². The van der Waals surface area contributed by atoms with Crippen LogP contribution in [-0.4, -0.2) is 6.04 Å². The Morgan fingerprint density at radius 1 is 1.44 bits per heavy atom. The third-order valence-corrected chi connectivity index (χ3v) is 3.95. The minimum Gasteiger partial charge on any atom is -0.310 e. The average molecular weight is 282 g/mol. The number of hydrogen-bond donors (Lipinski definition) is 1. The quantitative estimate of drug-likeness (QED) is 0.879. The second kappa shape index (κ2) is 4.89. The van der Waals surface area contributed by atoms with Crippen molar-refractivity contribution in [2.24, 2.45) is 5.41 Å². The largest absolute Gasteiger partial charge is 0.310 e. The predicted octanol–water partition coefficient (Wildman–Crippen LogP) is 4.12. The van der Waals surface area contributed by atoms with Gasteiger partial charge in [-0.1, -0.05) is 41.9 Å². The van der Waals surface area contributed by atoms with E-state index in [-0.39, 0.29) is 0 Å². The monoisotopic (exact) mass is 281 g/mol. The molecule has 1 fully saturated rings. The molecule has 0 aliphatic heterocycles.